The highest BCUT2D eigenvalue weighted by Crippen LogP contribution is 2.47. The highest BCUT2D eigenvalue weighted by atomic mass is 19.1. The smallest absolute Gasteiger partial charge is 0.410 e. The highest BCUT2D eigenvalue weighted by molar-refractivity contribution is 6.10. The maximum Gasteiger partial charge on any atom is 0.410 e. The summed E-state index contributed by atoms with van der Waals surface area (Å²) in [6, 6.07) is 9.17. The van der Waals surface area contributed by atoms with Gasteiger partial charge in [-0.05, 0) is 76.8 Å². The molecule has 2 amide bonds. The van der Waals surface area contributed by atoms with Gasteiger partial charge in [-0.25, -0.2) is 24.2 Å². The van der Waals surface area contributed by atoms with E-state index < -0.39 is 23.0 Å². The van der Waals surface area contributed by atoms with Gasteiger partial charge in [-0.2, -0.15) is 5.01 Å². The number of benzene rings is 1. The number of hydrogen-bond donors (Lipinski definition) is 3. The lowest BCUT2D eigenvalue weighted by atomic mass is 9.93. The average Bonchev–Trinajstić information content (AvgIpc) is 3.60. The second-order valence-electron chi connectivity index (χ2n) is 12.0. The molecule has 2 aromatic rings. The van der Waals surface area contributed by atoms with Crippen LogP contribution in [0.15, 0.2) is 58.2 Å². The Morgan fingerprint density at radius 2 is 1.98 bits per heavy atom. The first-order chi connectivity index (χ1) is 19.4. The predicted molar refractivity (Wildman–Crippen MR) is 152 cm³/mol. The van der Waals surface area contributed by atoms with Gasteiger partial charge in [0.25, 0.3) is 5.91 Å². The Kier molecular flexibility index (Phi) is 6.33. The Bertz CT molecular complexity index is 1500. The van der Waals surface area contributed by atoms with Gasteiger partial charge in [0.15, 0.2) is 5.66 Å². The van der Waals surface area contributed by atoms with Crippen molar-refractivity contribution in [3.05, 3.63) is 65.1 Å². The van der Waals surface area contributed by atoms with Crippen molar-refractivity contribution in [2.45, 2.75) is 63.9 Å². The van der Waals surface area contributed by atoms with Gasteiger partial charge in [0.1, 0.15) is 29.4 Å². The fourth-order valence-corrected chi connectivity index (χ4v) is 6.29. The molecule has 12 heteroatoms. The van der Waals surface area contributed by atoms with Gasteiger partial charge in [-0.15, -0.1) is 0 Å². The normalized spacial score (nSPS) is 27.0. The van der Waals surface area contributed by atoms with Crippen LogP contribution in [0, 0.1) is 11.7 Å². The lowest BCUT2D eigenvalue weighted by Crippen LogP contribution is -2.61. The quantitative estimate of drug-likeness (QED) is 0.520. The number of hydrogen-bond acceptors (Lipinski definition) is 9. The van der Waals surface area contributed by atoms with Crippen LogP contribution in [0.5, 0.6) is 0 Å². The summed E-state index contributed by atoms with van der Waals surface area (Å²) in [6.07, 6.45) is 4.30. The number of ether oxygens (including phenoxy) is 1. The number of nitrogens with one attached hydrogen (secondary N) is 2. The van der Waals surface area contributed by atoms with E-state index in [0.29, 0.717) is 29.6 Å². The molecule has 4 unspecified atom stereocenters. The van der Waals surface area contributed by atoms with Crippen LogP contribution in [0.25, 0.3) is 5.70 Å². The van der Waals surface area contributed by atoms with Crippen molar-refractivity contribution < 1.29 is 18.7 Å². The number of anilines is 1. The molecule has 0 radical (unpaired) electrons. The molecule has 4 atom stereocenters. The predicted octanol–water partition coefficient (Wildman–Crippen LogP) is 3.52. The Labute approximate surface area is 237 Å². The summed E-state index contributed by atoms with van der Waals surface area (Å²) in [4.78, 5) is 40.6. The molecule has 1 aliphatic carbocycles. The van der Waals surface area contributed by atoms with E-state index in [-0.39, 0.29) is 35.1 Å². The van der Waals surface area contributed by atoms with Crippen molar-refractivity contribution in [2.75, 3.05) is 11.9 Å². The molecule has 1 saturated heterocycles. The van der Waals surface area contributed by atoms with E-state index >= 15 is 4.39 Å². The molecular weight excluding hydrogens is 527 g/mol. The van der Waals surface area contributed by atoms with Gasteiger partial charge in [0.2, 0.25) is 0 Å². The fraction of sp³-hybridized carbons (Fsp3) is 0.414. The number of nitrogens with two attached hydrogens (primary N) is 1. The molecule has 0 spiro atoms. The number of piperidine rings is 1. The number of carbonyl (C=O) groups is 2. The monoisotopic (exact) mass is 560 g/mol. The number of rotatable bonds is 4. The summed E-state index contributed by atoms with van der Waals surface area (Å²) >= 11 is 0. The zero-order valence-corrected chi connectivity index (χ0v) is 23.4. The SMILES string of the molecule is CC(C)(C)OC(=O)N1CC2CC1C(N1NC(c3ccc(C(=O)Nc4ccccn4)cc3F)=C3C(N)=NC=NC31C)C2. The summed E-state index contributed by atoms with van der Waals surface area (Å²) < 4.78 is 21.4. The van der Waals surface area contributed by atoms with Crippen molar-refractivity contribution in [3.63, 3.8) is 0 Å². The van der Waals surface area contributed by atoms with E-state index in [4.69, 9.17) is 15.5 Å². The van der Waals surface area contributed by atoms with Gasteiger partial charge in [-0.1, -0.05) is 6.07 Å². The first kappa shape index (κ1) is 26.9. The number of amides is 2. The van der Waals surface area contributed by atoms with Gasteiger partial charge >= 0.3 is 6.09 Å². The molecule has 1 aromatic heterocycles. The first-order valence-electron chi connectivity index (χ1n) is 13.6. The van der Waals surface area contributed by atoms with Crippen LogP contribution in [0.4, 0.5) is 15.0 Å². The molecule has 6 rings (SSSR count). The third-order valence-electron chi connectivity index (χ3n) is 8.00. The van der Waals surface area contributed by atoms with E-state index in [2.05, 4.69) is 20.7 Å². The van der Waals surface area contributed by atoms with Crippen LogP contribution < -0.4 is 16.5 Å². The Hall–Kier alpha value is -4.32. The van der Waals surface area contributed by atoms with E-state index in [1.165, 1.54) is 12.4 Å². The van der Waals surface area contributed by atoms with Crippen LogP contribution >= 0.6 is 0 Å². The summed E-state index contributed by atoms with van der Waals surface area (Å²) in [6.45, 7) is 8.09. The Morgan fingerprint density at radius 1 is 1.20 bits per heavy atom. The minimum Gasteiger partial charge on any atom is -0.444 e. The lowest BCUT2D eigenvalue weighted by Gasteiger charge is -2.44. The summed E-state index contributed by atoms with van der Waals surface area (Å²) in [5, 5.41) is 4.64. The van der Waals surface area contributed by atoms with Crippen molar-refractivity contribution in [1.82, 2.24) is 20.3 Å². The number of fused-ring (bicyclic) bond motifs is 3. The standard InChI is InChI=1S/C29H33FN8O3/c1-28(2,3)41-27(40)37-14-16-11-20(37)21(12-16)38-29(4)23(25(31)33-15-34-29)24(36-38)18-9-8-17(13-19(18)30)26(39)35-22-7-5-6-10-32-22/h5-10,13,15-16,20-21,36H,11-12,14H2,1-4H3,(H2,31,33,34)(H,32,35,39). The van der Waals surface area contributed by atoms with Crippen molar-refractivity contribution >= 4 is 35.7 Å². The average molecular weight is 561 g/mol. The minimum atomic E-state index is -0.989. The largest absolute Gasteiger partial charge is 0.444 e. The van der Waals surface area contributed by atoms with E-state index in [1.807, 2.05) is 32.7 Å². The zero-order chi connectivity index (χ0) is 29.1. The molecule has 1 saturated carbocycles. The van der Waals surface area contributed by atoms with E-state index in [1.54, 1.807) is 41.4 Å². The van der Waals surface area contributed by atoms with Gasteiger partial charge < -0.3 is 26.1 Å². The van der Waals surface area contributed by atoms with Gasteiger partial charge in [-0.3, -0.25) is 4.79 Å². The molecular formula is C29H33FN8O3. The fourth-order valence-electron chi connectivity index (χ4n) is 6.29. The second-order valence-corrected chi connectivity index (χ2v) is 12.0. The minimum absolute atomic E-state index is 0.113. The molecule has 4 heterocycles. The second kappa shape index (κ2) is 9.65. The summed E-state index contributed by atoms with van der Waals surface area (Å²) in [5.74, 6) is -0.196. The number of hydrazine groups is 1. The van der Waals surface area contributed by atoms with Gasteiger partial charge in [0, 0.05) is 23.9 Å². The molecule has 214 valence electrons. The number of amidine groups is 1. The van der Waals surface area contributed by atoms with E-state index in [9.17, 15) is 9.59 Å². The molecule has 4 aliphatic rings. The number of nitrogens with zero attached hydrogens (tertiary/aromatic N) is 5. The summed E-state index contributed by atoms with van der Waals surface area (Å²) in [7, 11) is 0. The van der Waals surface area contributed by atoms with Crippen LogP contribution in [-0.2, 0) is 4.74 Å². The topological polar surface area (TPSA) is 138 Å². The maximum absolute atomic E-state index is 15.7. The number of pyridine rings is 1. The molecule has 4 N–H and O–H groups in total. The maximum atomic E-state index is 15.7. The highest BCUT2D eigenvalue weighted by Gasteiger charge is 2.57. The summed E-state index contributed by atoms with van der Waals surface area (Å²) in [5.41, 5.74) is 9.51. The number of carbonyl (C=O) groups excluding carboxylic acids is 2. The molecule has 2 bridgehead atoms. The molecule has 1 aromatic carbocycles. The number of aliphatic imine (C=N–C) groups is 2. The number of halogens is 1. The number of likely N-dealkylation sites (tertiary alicyclic amines) is 1. The van der Waals surface area contributed by atoms with E-state index in [0.717, 1.165) is 12.8 Å². The van der Waals surface area contributed by atoms with Crippen molar-refractivity contribution in [3.8, 4) is 0 Å². The third kappa shape index (κ3) is 4.71. The van der Waals surface area contributed by atoms with Crippen LogP contribution in [0.2, 0.25) is 0 Å². The Morgan fingerprint density at radius 3 is 2.66 bits per heavy atom. The molecule has 11 nitrogen and oxygen atoms in total. The van der Waals surface area contributed by atoms with Crippen molar-refractivity contribution in [2.24, 2.45) is 21.6 Å². The molecule has 3 aliphatic heterocycles. The lowest BCUT2D eigenvalue weighted by molar-refractivity contribution is -0.0120. The van der Waals surface area contributed by atoms with Crippen LogP contribution in [-0.4, -0.2) is 69.0 Å². The zero-order valence-electron chi connectivity index (χ0n) is 23.4. The molecule has 2 fully saturated rings. The number of aromatic nitrogens is 1. The van der Waals surface area contributed by atoms with Crippen LogP contribution in [0.3, 0.4) is 0 Å². The van der Waals surface area contributed by atoms with Crippen molar-refractivity contribution in [1.29, 1.82) is 0 Å². The van der Waals surface area contributed by atoms with Gasteiger partial charge in [0.05, 0.1) is 23.4 Å². The third-order valence-corrected chi connectivity index (χ3v) is 8.00. The molecule has 41 heavy (non-hydrogen) atoms. The first-order valence-corrected chi connectivity index (χ1v) is 13.6. The Balaban J connectivity index is 1.30. The van der Waals surface area contributed by atoms with Crippen LogP contribution in [0.1, 0.15) is 56.5 Å².